The Bertz CT molecular complexity index is 290. The molecule has 5 heteroatoms. The SMILES string of the molecule is CC(OC(=O)CCC(=O)O)C(C)(C)C#N. The number of carbonyl (C=O) groups excluding carboxylic acids is 1. The standard InChI is InChI=1S/C10H15NO4/c1-7(10(2,3)6-11)15-9(14)5-4-8(12)13/h7H,4-5H2,1-3H3,(H,12,13). The van der Waals surface area contributed by atoms with Crippen LogP contribution in [0.1, 0.15) is 33.6 Å². The highest BCUT2D eigenvalue weighted by Gasteiger charge is 2.28. The third-order valence-corrected chi connectivity index (χ3v) is 2.16. The molecule has 0 bridgehead atoms. The van der Waals surface area contributed by atoms with Gasteiger partial charge in [0.05, 0.1) is 24.3 Å². The van der Waals surface area contributed by atoms with E-state index in [0.29, 0.717) is 0 Å². The Kier molecular flexibility index (Phi) is 4.79. The third-order valence-electron chi connectivity index (χ3n) is 2.16. The van der Waals surface area contributed by atoms with Crippen LogP contribution in [-0.2, 0) is 14.3 Å². The first-order valence-corrected chi connectivity index (χ1v) is 4.62. The Morgan fingerprint density at radius 2 is 2.00 bits per heavy atom. The fourth-order valence-corrected chi connectivity index (χ4v) is 0.703. The van der Waals surface area contributed by atoms with E-state index >= 15 is 0 Å². The predicted molar refractivity (Wildman–Crippen MR) is 51.8 cm³/mol. The molecule has 15 heavy (non-hydrogen) atoms. The van der Waals surface area contributed by atoms with Crippen molar-refractivity contribution in [3.63, 3.8) is 0 Å². The summed E-state index contributed by atoms with van der Waals surface area (Å²) in [5.74, 6) is -1.63. The maximum absolute atomic E-state index is 11.1. The van der Waals surface area contributed by atoms with Crippen LogP contribution in [0, 0.1) is 16.7 Å². The number of carboxylic acids is 1. The largest absolute Gasteiger partial charge is 0.481 e. The second-order valence-corrected chi connectivity index (χ2v) is 3.86. The molecule has 0 amide bonds. The van der Waals surface area contributed by atoms with Gasteiger partial charge in [0.25, 0.3) is 0 Å². The number of carboxylic acid groups (broad SMARTS) is 1. The van der Waals surface area contributed by atoms with Crippen LogP contribution in [-0.4, -0.2) is 23.1 Å². The highest BCUT2D eigenvalue weighted by atomic mass is 16.5. The van der Waals surface area contributed by atoms with Crippen LogP contribution in [0.4, 0.5) is 0 Å². The molecule has 84 valence electrons. The van der Waals surface area contributed by atoms with Crippen molar-refractivity contribution in [1.82, 2.24) is 0 Å². The average molecular weight is 213 g/mol. The lowest BCUT2D eigenvalue weighted by Crippen LogP contribution is -2.30. The number of carbonyl (C=O) groups is 2. The van der Waals surface area contributed by atoms with Crippen LogP contribution in [0.5, 0.6) is 0 Å². The summed E-state index contributed by atoms with van der Waals surface area (Å²) >= 11 is 0. The Morgan fingerprint density at radius 1 is 1.47 bits per heavy atom. The highest BCUT2D eigenvalue weighted by molar-refractivity contribution is 5.76. The summed E-state index contributed by atoms with van der Waals surface area (Å²) in [6, 6.07) is 2.02. The molecule has 0 fully saturated rings. The molecule has 0 aliphatic carbocycles. The van der Waals surface area contributed by atoms with Crippen molar-refractivity contribution in [1.29, 1.82) is 5.26 Å². The van der Waals surface area contributed by atoms with Gasteiger partial charge in [-0.3, -0.25) is 9.59 Å². The Morgan fingerprint density at radius 3 is 2.40 bits per heavy atom. The van der Waals surface area contributed by atoms with Crippen molar-refractivity contribution in [2.24, 2.45) is 5.41 Å². The van der Waals surface area contributed by atoms with Gasteiger partial charge < -0.3 is 9.84 Å². The van der Waals surface area contributed by atoms with Crippen molar-refractivity contribution in [2.45, 2.75) is 39.7 Å². The second-order valence-electron chi connectivity index (χ2n) is 3.86. The van der Waals surface area contributed by atoms with Gasteiger partial charge in [-0.15, -0.1) is 0 Å². The van der Waals surface area contributed by atoms with E-state index in [-0.39, 0.29) is 12.8 Å². The third kappa shape index (κ3) is 5.01. The molecule has 0 aliphatic rings. The number of rotatable bonds is 5. The van der Waals surface area contributed by atoms with Gasteiger partial charge in [0, 0.05) is 0 Å². The molecular weight excluding hydrogens is 198 g/mol. The number of ether oxygens (including phenoxy) is 1. The van der Waals surface area contributed by atoms with E-state index in [4.69, 9.17) is 15.1 Å². The van der Waals surface area contributed by atoms with Crippen LogP contribution in [0.3, 0.4) is 0 Å². The summed E-state index contributed by atoms with van der Waals surface area (Å²) in [7, 11) is 0. The molecule has 0 aromatic heterocycles. The molecule has 1 atom stereocenters. The summed E-state index contributed by atoms with van der Waals surface area (Å²) in [5, 5.41) is 17.1. The molecule has 0 saturated carbocycles. The Labute approximate surface area is 88.6 Å². The lowest BCUT2D eigenvalue weighted by molar-refractivity contribution is -0.154. The fourth-order valence-electron chi connectivity index (χ4n) is 0.703. The number of nitrogens with zero attached hydrogens (tertiary/aromatic N) is 1. The van der Waals surface area contributed by atoms with E-state index in [2.05, 4.69) is 0 Å². The lowest BCUT2D eigenvalue weighted by Gasteiger charge is -2.23. The van der Waals surface area contributed by atoms with Gasteiger partial charge in [-0.05, 0) is 20.8 Å². The van der Waals surface area contributed by atoms with Crippen LogP contribution in [0.25, 0.3) is 0 Å². The van der Waals surface area contributed by atoms with Gasteiger partial charge in [-0.2, -0.15) is 5.26 Å². The molecule has 0 aromatic rings. The summed E-state index contributed by atoms with van der Waals surface area (Å²) in [4.78, 5) is 21.3. The lowest BCUT2D eigenvalue weighted by atomic mass is 9.89. The van der Waals surface area contributed by atoms with Crippen molar-refractivity contribution in [3.05, 3.63) is 0 Å². The molecule has 0 heterocycles. The molecule has 0 rings (SSSR count). The summed E-state index contributed by atoms with van der Waals surface area (Å²) < 4.78 is 4.93. The number of hydrogen-bond donors (Lipinski definition) is 1. The monoisotopic (exact) mass is 213 g/mol. The zero-order valence-electron chi connectivity index (χ0n) is 9.11. The van der Waals surface area contributed by atoms with Gasteiger partial charge >= 0.3 is 11.9 Å². The Hall–Kier alpha value is -1.57. The zero-order chi connectivity index (χ0) is 12.1. The normalized spacial score (nSPS) is 12.7. The second kappa shape index (κ2) is 5.35. The van der Waals surface area contributed by atoms with Crippen molar-refractivity contribution in [3.8, 4) is 6.07 Å². The predicted octanol–water partition coefficient (Wildman–Crippen LogP) is 1.33. The molecule has 0 aliphatic heterocycles. The molecule has 0 aromatic carbocycles. The maximum Gasteiger partial charge on any atom is 0.306 e. The maximum atomic E-state index is 11.1. The molecular formula is C10H15NO4. The molecule has 0 radical (unpaired) electrons. The first-order valence-electron chi connectivity index (χ1n) is 4.62. The van der Waals surface area contributed by atoms with Gasteiger partial charge in [0.1, 0.15) is 6.10 Å². The number of esters is 1. The Balaban J connectivity index is 4.09. The average Bonchev–Trinajstić information content (AvgIpc) is 2.14. The number of nitriles is 1. The first-order chi connectivity index (χ1) is 6.79. The van der Waals surface area contributed by atoms with Gasteiger partial charge in [-0.1, -0.05) is 0 Å². The molecule has 5 nitrogen and oxygen atoms in total. The quantitative estimate of drug-likeness (QED) is 0.696. The van der Waals surface area contributed by atoms with Crippen LogP contribution < -0.4 is 0 Å². The molecule has 1 N–H and O–H groups in total. The molecule has 0 saturated heterocycles. The van der Waals surface area contributed by atoms with Crippen molar-refractivity contribution < 1.29 is 19.4 Å². The van der Waals surface area contributed by atoms with Crippen molar-refractivity contribution in [2.75, 3.05) is 0 Å². The molecule has 0 spiro atoms. The minimum absolute atomic E-state index is 0.165. The van der Waals surface area contributed by atoms with Crippen molar-refractivity contribution >= 4 is 11.9 Å². The number of aliphatic carboxylic acids is 1. The van der Waals surface area contributed by atoms with E-state index in [0.717, 1.165) is 0 Å². The summed E-state index contributed by atoms with van der Waals surface area (Å²) in [6.07, 6.45) is -0.969. The smallest absolute Gasteiger partial charge is 0.306 e. The van der Waals surface area contributed by atoms with Crippen LogP contribution in [0.2, 0.25) is 0 Å². The summed E-state index contributed by atoms with van der Waals surface area (Å²) in [5.41, 5.74) is -0.765. The van der Waals surface area contributed by atoms with Gasteiger partial charge in [0.2, 0.25) is 0 Å². The minimum Gasteiger partial charge on any atom is -0.481 e. The topological polar surface area (TPSA) is 87.4 Å². The van der Waals surface area contributed by atoms with Gasteiger partial charge in [-0.25, -0.2) is 0 Å². The minimum atomic E-state index is -1.04. The van der Waals surface area contributed by atoms with E-state index < -0.39 is 23.5 Å². The number of hydrogen-bond acceptors (Lipinski definition) is 4. The zero-order valence-corrected chi connectivity index (χ0v) is 9.11. The van der Waals surface area contributed by atoms with Crippen LogP contribution in [0.15, 0.2) is 0 Å². The van der Waals surface area contributed by atoms with E-state index in [1.807, 2.05) is 6.07 Å². The molecule has 1 unspecified atom stereocenters. The highest BCUT2D eigenvalue weighted by Crippen LogP contribution is 2.22. The first kappa shape index (κ1) is 13.4. The van der Waals surface area contributed by atoms with Crippen LogP contribution >= 0.6 is 0 Å². The van der Waals surface area contributed by atoms with E-state index in [9.17, 15) is 9.59 Å². The summed E-state index contributed by atoms with van der Waals surface area (Å²) in [6.45, 7) is 4.92. The fraction of sp³-hybridized carbons (Fsp3) is 0.700. The van der Waals surface area contributed by atoms with E-state index in [1.165, 1.54) is 0 Å². The van der Waals surface area contributed by atoms with Gasteiger partial charge in [0.15, 0.2) is 0 Å². The van der Waals surface area contributed by atoms with E-state index in [1.54, 1.807) is 20.8 Å².